The molecule has 6 rings (SSSR count). The van der Waals surface area contributed by atoms with Gasteiger partial charge in [-0.3, -0.25) is 0 Å². The number of carboxylic acid groups (broad SMARTS) is 1. The topological polar surface area (TPSA) is 95.6 Å². The summed E-state index contributed by atoms with van der Waals surface area (Å²) in [5, 5.41) is 37.2. The Bertz CT molecular complexity index is 1160. The number of fused-ring (bicyclic) bond motifs is 6. The van der Waals surface area contributed by atoms with Crippen molar-refractivity contribution < 1.29 is 20.1 Å². The van der Waals surface area contributed by atoms with Crippen LogP contribution < -0.4 is 0 Å². The first-order valence-electron chi connectivity index (χ1n) is 12.2. The summed E-state index contributed by atoms with van der Waals surface area (Å²) in [5.41, 5.74) is 1.99. The SMILES string of the molecule is CC12Cc3cnn(-c4ccccc4)c3C=C1CCC1C2C(O)CC2(C)C1CCC2(O)C(=O)O. The standard InChI is InChI=1S/C27H32N2O4/c1-25-13-16-15-28-29(18-6-4-3-5-7-18)21(16)12-17(25)8-9-19-20-10-11-27(33,24(31)32)26(20,2)14-22(30)23(19)25/h3-7,12,15,19-20,22-23,30,33H,8-11,13-14H2,1-2H3,(H,31,32). The van der Waals surface area contributed by atoms with E-state index in [-0.39, 0.29) is 29.6 Å². The van der Waals surface area contributed by atoms with Crippen LogP contribution in [0.4, 0.5) is 0 Å². The molecular weight excluding hydrogens is 416 g/mol. The highest BCUT2D eigenvalue weighted by Gasteiger charge is 2.68. The van der Waals surface area contributed by atoms with Gasteiger partial charge in [0.25, 0.3) is 0 Å². The third kappa shape index (κ3) is 2.62. The zero-order valence-corrected chi connectivity index (χ0v) is 19.2. The second-order valence-corrected chi connectivity index (χ2v) is 11.3. The van der Waals surface area contributed by atoms with Crippen molar-refractivity contribution in [3.8, 4) is 5.69 Å². The molecule has 6 heteroatoms. The second kappa shape index (κ2) is 6.80. The molecule has 33 heavy (non-hydrogen) atoms. The number of hydrogen-bond acceptors (Lipinski definition) is 4. The molecule has 3 saturated carbocycles. The Morgan fingerprint density at radius 3 is 2.67 bits per heavy atom. The molecule has 0 amide bonds. The van der Waals surface area contributed by atoms with Gasteiger partial charge in [-0.05, 0) is 85.5 Å². The summed E-state index contributed by atoms with van der Waals surface area (Å²) < 4.78 is 2.01. The van der Waals surface area contributed by atoms with Gasteiger partial charge >= 0.3 is 5.97 Å². The lowest BCUT2D eigenvalue weighted by Gasteiger charge is -2.60. The summed E-state index contributed by atoms with van der Waals surface area (Å²) in [4.78, 5) is 12.0. The Morgan fingerprint density at radius 1 is 1.18 bits per heavy atom. The van der Waals surface area contributed by atoms with Crippen molar-refractivity contribution in [3.63, 3.8) is 0 Å². The number of allylic oxidation sites excluding steroid dienone is 1. The Morgan fingerprint density at radius 2 is 1.94 bits per heavy atom. The smallest absolute Gasteiger partial charge is 0.336 e. The minimum absolute atomic E-state index is 0.0555. The van der Waals surface area contributed by atoms with Crippen LogP contribution in [0.1, 0.15) is 57.2 Å². The Labute approximate surface area is 193 Å². The molecule has 1 aromatic carbocycles. The van der Waals surface area contributed by atoms with Crippen molar-refractivity contribution in [2.24, 2.45) is 28.6 Å². The molecule has 7 unspecified atom stereocenters. The van der Waals surface area contributed by atoms with Gasteiger partial charge in [-0.1, -0.05) is 37.6 Å². The maximum atomic E-state index is 12.0. The molecule has 7 atom stereocenters. The lowest BCUT2D eigenvalue weighted by molar-refractivity contribution is -0.193. The zero-order valence-electron chi connectivity index (χ0n) is 19.2. The van der Waals surface area contributed by atoms with E-state index in [9.17, 15) is 20.1 Å². The van der Waals surface area contributed by atoms with Gasteiger partial charge in [0.1, 0.15) is 0 Å². The highest BCUT2D eigenvalue weighted by molar-refractivity contribution is 5.79. The Kier molecular flexibility index (Phi) is 4.35. The summed E-state index contributed by atoms with van der Waals surface area (Å²) in [6.07, 6.45) is 7.61. The minimum atomic E-state index is -1.75. The summed E-state index contributed by atoms with van der Waals surface area (Å²) in [7, 11) is 0. The molecule has 1 heterocycles. The minimum Gasteiger partial charge on any atom is -0.479 e. The number of benzene rings is 1. The lowest BCUT2D eigenvalue weighted by Crippen LogP contribution is -2.61. The van der Waals surface area contributed by atoms with Crippen LogP contribution in [0.15, 0.2) is 42.1 Å². The zero-order chi connectivity index (χ0) is 23.2. The average molecular weight is 449 g/mol. The molecule has 0 saturated heterocycles. The molecule has 3 N–H and O–H groups in total. The fraction of sp³-hybridized carbons (Fsp3) is 0.556. The Balaban J connectivity index is 1.39. The van der Waals surface area contributed by atoms with Crippen molar-refractivity contribution in [1.29, 1.82) is 0 Å². The largest absolute Gasteiger partial charge is 0.479 e. The number of aliphatic hydroxyl groups excluding tert-OH is 1. The van der Waals surface area contributed by atoms with E-state index in [1.54, 1.807) is 0 Å². The van der Waals surface area contributed by atoms with Crippen LogP contribution in [0.2, 0.25) is 0 Å². The van der Waals surface area contributed by atoms with Crippen molar-refractivity contribution in [2.45, 2.75) is 64.1 Å². The van der Waals surface area contributed by atoms with Gasteiger partial charge in [0.05, 0.1) is 23.7 Å². The number of carboxylic acids is 1. The molecule has 0 radical (unpaired) electrons. The first-order valence-corrected chi connectivity index (χ1v) is 12.2. The molecule has 1 aromatic heterocycles. The van der Waals surface area contributed by atoms with Gasteiger partial charge in [-0.25, -0.2) is 9.48 Å². The first-order chi connectivity index (χ1) is 15.7. The van der Waals surface area contributed by atoms with Crippen LogP contribution in [0.25, 0.3) is 11.8 Å². The van der Waals surface area contributed by atoms with Crippen LogP contribution in [0.5, 0.6) is 0 Å². The molecule has 0 bridgehead atoms. The van der Waals surface area contributed by atoms with Crippen LogP contribution in [-0.2, 0) is 11.2 Å². The second-order valence-electron chi connectivity index (χ2n) is 11.3. The number of aromatic nitrogens is 2. The van der Waals surface area contributed by atoms with E-state index < -0.39 is 23.1 Å². The quantitative estimate of drug-likeness (QED) is 0.649. The van der Waals surface area contributed by atoms with Crippen molar-refractivity contribution in [3.05, 3.63) is 53.4 Å². The van der Waals surface area contributed by atoms with Crippen LogP contribution in [-0.4, -0.2) is 42.8 Å². The number of aliphatic carboxylic acids is 1. The van der Waals surface area contributed by atoms with Gasteiger partial charge < -0.3 is 15.3 Å². The highest BCUT2D eigenvalue weighted by atomic mass is 16.4. The number of aliphatic hydroxyl groups is 2. The number of para-hydroxylation sites is 1. The highest BCUT2D eigenvalue weighted by Crippen LogP contribution is 2.67. The maximum Gasteiger partial charge on any atom is 0.336 e. The number of carbonyl (C=O) groups is 1. The van der Waals surface area contributed by atoms with Crippen molar-refractivity contribution in [2.75, 3.05) is 0 Å². The monoisotopic (exact) mass is 448 g/mol. The van der Waals surface area contributed by atoms with Gasteiger partial charge in [-0.2, -0.15) is 5.10 Å². The predicted octanol–water partition coefficient (Wildman–Crippen LogP) is 3.84. The third-order valence-corrected chi connectivity index (χ3v) is 9.93. The van der Waals surface area contributed by atoms with Gasteiger partial charge in [0.2, 0.25) is 0 Å². The number of nitrogens with zero attached hydrogens (tertiary/aromatic N) is 2. The first kappa shape index (κ1) is 21.1. The van der Waals surface area contributed by atoms with Gasteiger partial charge in [-0.15, -0.1) is 0 Å². The van der Waals surface area contributed by atoms with E-state index >= 15 is 0 Å². The third-order valence-electron chi connectivity index (χ3n) is 9.93. The van der Waals surface area contributed by atoms with Crippen LogP contribution in [0, 0.1) is 28.6 Å². The number of hydrogen-bond donors (Lipinski definition) is 3. The number of rotatable bonds is 2. The summed E-state index contributed by atoms with van der Waals surface area (Å²) in [5.74, 6) is -0.768. The molecule has 4 aliphatic carbocycles. The normalized spacial score (nSPS) is 41.4. The van der Waals surface area contributed by atoms with Crippen LogP contribution in [0.3, 0.4) is 0 Å². The molecule has 0 spiro atoms. The van der Waals surface area contributed by atoms with Gasteiger partial charge in [0.15, 0.2) is 5.60 Å². The summed E-state index contributed by atoms with van der Waals surface area (Å²) in [6.45, 7) is 4.18. The van der Waals surface area contributed by atoms with E-state index in [1.807, 2.05) is 36.0 Å². The fourth-order valence-corrected chi connectivity index (χ4v) is 8.32. The van der Waals surface area contributed by atoms with E-state index in [2.05, 4.69) is 25.1 Å². The summed E-state index contributed by atoms with van der Waals surface area (Å²) in [6, 6.07) is 10.2. The van der Waals surface area contributed by atoms with Crippen molar-refractivity contribution >= 4 is 12.0 Å². The maximum absolute atomic E-state index is 12.0. The van der Waals surface area contributed by atoms with E-state index in [4.69, 9.17) is 5.10 Å². The van der Waals surface area contributed by atoms with E-state index in [1.165, 1.54) is 11.1 Å². The molecule has 2 aromatic rings. The molecule has 0 aliphatic heterocycles. The van der Waals surface area contributed by atoms with Gasteiger partial charge in [0, 0.05) is 5.41 Å². The molecule has 174 valence electrons. The average Bonchev–Trinajstić information content (AvgIpc) is 3.30. The fourth-order valence-electron chi connectivity index (χ4n) is 8.32. The summed E-state index contributed by atoms with van der Waals surface area (Å²) >= 11 is 0. The molecule has 6 nitrogen and oxygen atoms in total. The molecular formula is C27H32N2O4. The van der Waals surface area contributed by atoms with Crippen LogP contribution >= 0.6 is 0 Å². The lowest BCUT2D eigenvalue weighted by atomic mass is 9.45. The van der Waals surface area contributed by atoms with Crippen molar-refractivity contribution in [1.82, 2.24) is 9.78 Å². The van der Waals surface area contributed by atoms with E-state index in [0.717, 1.165) is 30.6 Å². The molecule has 3 fully saturated rings. The molecule has 4 aliphatic rings. The predicted molar refractivity (Wildman–Crippen MR) is 124 cm³/mol. The Hall–Kier alpha value is -2.44. The van der Waals surface area contributed by atoms with E-state index in [0.29, 0.717) is 12.8 Å².